The SMILES string of the molecule is COc1ccc(C)cc1CC(=O)Nc1ccccc1N1CCOCC1. The fourth-order valence-electron chi connectivity index (χ4n) is 3.07. The van der Waals surface area contributed by atoms with Crippen LogP contribution in [0.15, 0.2) is 42.5 Å². The van der Waals surface area contributed by atoms with Crippen molar-refractivity contribution >= 4 is 17.3 Å². The van der Waals surface area contributed by atoms with Crippen molar-refractivity contribution in [2.24, 2.45) is 0 Å². The van der Waals surface area contributed by atoms with Crippen molar-refractivity contribution in [3.8, 4) is 5.75 Å². The Labute approximate surface area is 148 Å². The van der Waals surface area contributed by atoms with Crippen LogP contribution in [0.4, 0.5) is 11.4 Å². The number of nitrogens with one attached hydrogen (secondary N) is 1. The average molecular weight is 340 g/mol. The molecule has 0 bridgehead atoms. The minimum atomic E-state index is -0.0513. The zero-order valence-corrected chi connectivity index (χ0v) is 14.7. The number of aryl methyl sites for hydroxylation is 1. The van der Waals surface area contributed by atoms with Crippen molar-refractivity contribution in [2.75, 3.05) is 43.6 Å². The molecule has 0 atom stereocenters. The van der Waals surface area contributed by atoms with E-state index in [2.05, 4.69) is 10.2 Å². The lowest BCUT2D eigenvalue weighted by molar-refractivity contribution is -0.115. The number of rotatable bonds is 5. The van der Waals surface area contributed by atoms with Gasteiger partial charge in [-0.15, -0.1) is 0 Å². The highest BCUT2D eigenvalue weighted by atomic mass is 16.5. The van der Waals surface area contributed by atoms with E-state index in [1.807, 2.05) is 49.4 Å². The third kappa shape index (κ3) is 4.31. The van der Waals surface area contributed by atoms with Gasteiger partial charge in [-0.2, -0.15) is 0 Å². The average Bonchev–Trinajstić information content (AvgIpc) is 2.63. The van der Waals surface area contributed by atoms with E-state index in [1.54, 1.807) is 7.11 Å². The zero-order valence-electron chi connectivity index (χ0n) is 14.7. The van der Waals surface area contributed by atoms with Crippen molar-refractivity contribution in [1.82, 2.24) is 0 Å². The molecular weight excluding hydrogens is 316 g/mol. The van der Waals surface area contributed by atoms with Crippen LogP contribution in [0.5, 0.6) is 5.75 Å². The summed E-state index contributed by atoms with van der Waals surface area (Å²) in [6.07, 6.45) is 0.280. The van der Waals surface area contributed by atoms with Crippen molar-refractivity contribution in [3.05, 3.63) is 53.6 Å². The van der Waals surface area contributed by atoms with Gasteiger partial charge in [0.05, 0.1) is 38.1 Å². The van der Waals surface area contributed by atoms with Crippen molar-refractivity contribution in [2.45, 2.75) is 13.3 Å². The van der Waals surface area contributed by atoms with E-state index in [-0.39, 0.29) is 12.3 Å². The quantitative estimate of drug-likeness (QED) is 0.909. The topological polar surface area (TPSA) is 50.8 Å². The van der Waals surface area contributed by atoms with Gasteiger partial charge in [0.2, 0.25) is 5.91 Å². The molecule has 1 aliphatic heterocycles. The van der Waals surface area contributed by atoms with Gasteiger partial charge in [-0.1, -0.05) is 29.8 Å². The number of methoxy groups -OCH3 is 1. The number of hydrogen-bond acceptors (Lipinski definition) is 4. The van der Waals surface area contributed by atoms with Crippen LogP contribution < -0.4 is 15.0 Å². The molecule has 0 spiro atoms. The lowest BCUT2D eigenvalue weighted by Gasteiger charge is -2.30. The normalized spacial score (nSPS) is 14.2. The van der Waals surface area contributed by atoms with E-state index in [0.717, 1.165) is 41.3 Å². The molecule has 1 aliphatic rings. The number of para-hydroxylation sites is 2. The van der Waals surface area contributed by atoms with Crippen LogP contribution in [-0.4, -0.2) is 39.3 Å². The maximum absolute atomic E-state index is 12.6. The van der Waals surface area contributed by atoms with Crippen LogP contribution in [0.25, 0.3) is 0 Å². The number of nitrogens with zero attached hydrogens (tertiary/aromatic N) is 1. The highest BCUT2D eigenvalue weighted by molar-refractivity contribution is 5.95. The Morgan fingerprint density at radius 3 is 2.72 bits per heavy atom. The summed E-state index contributed by atoms with van der Waals surface area (Å²) in [5, 5.41) is 3.05. The van der Waals surface area contributed by atoms with Crippen molar-refractivity contribution < 1.29 is 14.3 Å². The predicted molar refractivity (Wildman–Crippen MR) is 99.5 cm³/mol. The third-order valence-electron chi connectivity index (χ3n) is 4.32. The number of benzene rings is 2. The summed E-state index contributed by atoms with van der Waals surface area (Å²) in [4.78, 5) is 14.8. The summed E-state index contributed by atoms with van der Waals surface area (Å²) >= 11 is 0. The van der Waals surface area contributed by atoms with Gasteiger partial charge in [0.15, 0.2) is 0 Å². The second-order valence-electron chi connectivity index (χ2n) is 6.16. The van der Waals surface area contributed by atoms with Crippen molar-refractivity contribution in [3.63, 3.8) is 0 Å². The van der Waals surface area contributed by atoms with Crippen LogP contribution in [0.3, 0.4) is 0 Å². The van der Waals surface area contributed by atoms with Gasteiger partial charge in [-0.05, 0) is 25.1 Å². The number of carbonyl (C=O) groups excluding carboxylic acids is 1. The van der Waals surface area contributed by atoms with Crippen molar-refractivity contribution in [1.29, 1.82) is 0 Å². The minimum Gasteiger partial charge on any atom is -0.496 e. The van der Waals surface area contributed by atoms with Gasteiger partial charge in [-0.3, -0.25) is 4.79 Å². The van der Waals surface area contributed by atoms with Crippen LogP contribution in [0.2, 0.25) is 0 Å². The third-order valence-corrected chi connectivity index (χ3v) is 4.32. The van der Waals surface area contributed by atoms with Crippen LogP contribution >= 0.6 is 0 Å². The van der Waals surface area contributed by atoms with Crippen LogP contribution in [-0.2, 0) is 16.0 Å². The Kier molecular flexibility index (Phi) is 5.56. The van der Waals surface area contributed by atoms with Crippen LogP contribution in [0.1, 0.15) is 11.1 Å². The van der Waals surface area contributed by atoms with E-state index < -0.39 is 0 Å². The molecule has 1 heterocycles. The van der Waals surface area contributed by atoms with E-state index in [0.29, 0.717) is 13.2 Å². The smallest absolute Gasteiger partial charge is 0.228 e. The molecule has 25 heavy (non-hydrogen) atoms. The Bertz CT molecular complexity index is 739. The first-order chi connectivity index (χ1) is 12.2. The Morgan fingerprint density at radius 1 is 1.20 bits per heavy atom. The molecule has 0 aliphatic carbocycles. The lowest BCUT2D eigenvalue weighted by atomic mass is 10.1. The lowest BCUT2D eigenvalue weighted by Crippen LogP contribution is -2.36. The summed E-state index contributed by atoms with van der Waals surface area (Å²) < 4.78 is 10.8. The molecule has 2 aromatic rings. The number of carbonyl (C=O) groups is 1. The zero-order chi connectivity index (χ0) is 17.6. The highest BCUT2D eigenvalue weighted by Crippen LogP contribution is 2.27. The number of ether oxygens (including phenoxy) is 2. The molecule has 1 fully saturated rings. The Hall–Kier alpha value is -2.53. The van der Waals surface area contributed by atoms with Gasteiger partial charge in [0.1, 0.15) is 5.75 Å². The number of amides is 1. The Morgan fingerprint density at radius 2 is 1.96 bits per heavy atom. The summed E-state index contributed by atoms with van der Waals surface area (Å²) in [6, 6.07) is 13.8. The van der Waals surface area contributed by atoms with Crippen LogP contribution in [0, 0.1) is 6.92 Å². The number of morpholine rings is 1. The number of anilines is 2. The molecule has 0 radical (unpaired) electrons. The fourth-order valence-corrected chi connectivity index (χ4v) is 3.07. The summed E-state index contributed by atoms with van der Waals surface area (Å²) in [7, 11) is 1.62. The molecule has 132 valence electrons. The molecule has 0 aromatic heterocycles. The maximum Gasteiger partial charge on any atom is 0.228 e. The van der Waals surface area contributed by atoms with Gasteiger partial charge >= 0.3 is 0 Å². The molecule has 1 amide bonds. The molecular formula is C20H24N2O3. The molecule has 3 rings (SSSR count). The monoisotopic (exact) mass is 340 g/mol. The molecule has 0 saturated carbocycles. The second-order valence-corrected chi connectivity index (χ2v) is 6.16. The van der Waals surface area contributed by atoms with Gasteiger partial charge in [0.25, 0.3) is 0 Å². The first-order valence-corrected chi connectivity index (χ1v) is 8.52. The van der Waals surface area contributed by atoms with Gasteiger partial charge in [0, 0.05) is 18.7 Å². The molecule has 5 nitrogen and oxygen atoms in total. The number of hydrogen-bond donors (Lipinski definition) is 1. The van der Waals surface area contributed by atoms with Gasteiger partial charge in [-0.25, -0.2) is 0 Å². The van der Waals surface area contributed by atoms with E-state index in [4.69, 9.17) is 9.47 Å². The molecule has 1 saturated heterocycles. The standard InChI is InChI=1S/C20H24N2O3/c1-15-7-8-19(24-2)16(13-15)14-20(23)21-17-5-3-4-6-18(17)22-9-11-25-12-10-22/h3-8,13H,9-12,14H2,1-2H3,(H,21,23). The predicted octanol–water partition coefficient (Wildman–Crippen LogP) is 3.02. The highest BCUT2D eigenvalue weighted by Gasteiger charge is 2.16. The first-order valence-electron chi connectivity index (χ1n) is 8.52. The maximum atomic E-state index is 12.6. The molecule has 5 heteroatoms. The van der Waals surface area contributed by atoms with Gasteiger partial charge < -0.3 is 19.7 Å². The molecule has 1 N–H and O–H groups in total. The summed E-state index contributed by atoms with van der Waals surface area (Å²) in [5.41, 5.74) is 3.87. The first kappa shape index (κ1) is 17.3. The minimum absolute atomic E-state index is 0.0513. The summed E-state index contributed by atoms with van der Waals surface area (Å²) in [6.45, 7) is 5.09. The van der Waals surface area contributed by atoms with E-state index in [1.165, 1.54) is 0 Å². The summed E-state index contributed by atoms with van der Waals surface area (Å²) in [5.74, 6) is 0.687. The van der Waals surface area contributed by atoms with E-state index >= 15 is 0 Å². The van der Waals surface area contributed by atoms with E-state index in [9.17, 15) is 4.79 Å². The second kappa shape index (κ2) is 8.03. The fraction of sp³-hybridized carbons (Fsp3) is 0.350. The molecule has 0 unspecified atom stereocenters. The molecule has 2 aromatic carbocycles. The largest absolute Gasteiger partial charge is 0.496 e. The Balaban J connectivity index is 1.74.